The summed E-state index contributed by atoms with van der Waals surface area (Å²) < 4.78 is 10.9. The van der Waals surface area contributed by atoms with Gasteiger partial charge in [0.05, 0.1) is 25.3 Å². The van der Waals surface area contributed by atoms with Gasteiger partial charge in [-0.1, -0.05) is 12.1 Å². The lowest BCUT2D eigenvalue weighted by atomic mass is 10.0. The predicted molar refractivity (Wildman–Crippen MR) is 71.0 cm³/mol. The molecular formula is C13H17N5O2. The number of nitrogens with zero attached hydrogens (tertiary/aromatic N) is 4. The highest BCUT2D eigenvalue weighted by Gasteiger charge is 2.33. The van der Waals surface area contributed by atoms with Gasteiger partial charge in [0.25, 0.3) is 0 Å². The van der Waals surface area contributed by atoms with Crippen molar-refractivity contribution in [3.63, 3.8) is 0 Å². The van der Waals surface area contributed by atoms with E-state index in [-0.39, 0.29) is 12.0 Å². The Morgan fingerprint density at radius 2 is 2.30 bits per heavy atom. The van der Waals surface area contributed by atoms with Crippen LogP contribution in [0, 0.1) is 0 Å². The average molecular weight is 275 g/mol. The SMILES string of the molecule is CCCNC1COCC1c1nc(-c2cnccn2)no1. The molecule has 2 aromatic heterocycles. The van der Waals surface area contributed by atoms with Gasteiger partial charge in [-0.25, -0.2) is 4.98 Å². The van der Waals surface area contributed by atoms with Gasteiger partial charge in [-0.2, -0.15) is 4.98 Å². The predicted octanol–water partition coefficient (Wildman–Crippen LogP) is 1.01. The second-order valence-corrected chi connectivity index (χ2v) is 4.75. The molecule has 0 aromatic carbocycles. The van der Waals surface area contributed by atoms with Gasteiger partial charge in [-0.15, -0.1) is 0 Å². The largest absolute Gasteiger partial charge is 0.379 e. The van der Waals surface area contributed by atoms with E-state index in [9.17, 15) is 0 Å². The van der Waals surface area contributed by atoms with Gasteiger partial charge in [-0.05, 0) is 13.0 Å². The molecule has 2 atom stereocenters. The van der Waals surface area contributed by atoms with E-state index in [4.69, 9.17) is 9.26 Å². The minimum absolute atomic E-state index is 0.0967. The van der Waals surface area contributed by atoms with Gasteiger partial charge in [0.15, 0.2) is 0 Å². The third-order valence-corrected chi connectivity index (χ3v) is 3.29. The van der Waals surface area contributed by atoms with E-state index < -0.39 is 0 Å². The first-order chi connectivity index (χ1) is 9.88. The quantitative estimate of drug-likeness (QED) is 0.871. The van der Waals surface area contributed by atoms with Gasteiger partial charge in [0.1, 0.15) is 5.69 Å². The fourth-order valence-electron chi connectivity index (χ4n) is 2.23. The Kier molecular flexibility index (Phi) is 3.98. The van der Waals surface area contributed by atoms with Gasteiger partial charge in [0.2, 0.25) is 11.7 Å². The van der Waals surface area contributed by atoms with Gasteiger partial charge >= 0.3 is 0 Å². The van der Waals surface area contributed by atoms with Crippen molar-refractivity contribution in [3.05, 3.63) is 24.5 Å². The van der Waals surface area contributed by atoms with Crippen LogP contribution in [0.1, 0.15) is 25.2 Å². The number of hydrogen-bond donors (Lipinski definition) is 1. The van der Waals surface area contributed by atoms with Crippen molar-refractivity contribution < 1.29 is 9.26 Å². The van der Waals surface area contributed by atoms with Crippen molar-refractivity contribution in [2.24, 2.45) is 0 Å². The maximum absolute atomic E-state index is 5.52. The molecule has 106 valence electrons. The van der Waals surface area contributed by atoms with Gasteiger partial charge in [-0.3, -0.25) is 4.98 Å². The van der Waals surface area contributed by atoms with Gasteiger partial charge in [0, 0.05) is 18.4 Å². The smallest absolute Gasteiger partial charge is 0.234 e. The van der Waals surface area contributed by atoms with Crippen LogP contribution in [0.5, 0.6) is 0 Å². The molecule has 1 fully saturated rings. The molecule has 0 aliphatic carbocycles. The van der Waals surface area contributed by atoms with E-state index in [0.717, 1.165) is 13.0 Å². The first-order valence-corrected chi connectivity index (χ1v) is 6.79. The number of nitrogens with one attached hydrogen (secondary N) is 1. The Hall–Kier alpha value is -1.86. The fraction of sp³-hybridized carbons (Fsp3) is 0.538. The highest BCUT2D eigenvalue weighted by molar-refractivity contribution is 5.45. The molecule has 1 aliphatic heterocycles. The normalized spacial score (nSPS) is 22.2. The molecule has 0 radical (unpaired) electrons. The van der Waals surface area contributed by atoms with Crippen molar-refractivity contribution in [2.45, 2.75) is 25.3 Å². The molecule has 7 nitrogen and oxygen atoms in total. The average Bonchev–Trinajstić information content (AvgIpc) is 3.14. The fourth-order valence-corrected chi connectivity index (χ4v) is 2.23. The lowest BCUT2D eigenvalue weighted by Gasteiger charge is -2.14. The zero-order chi connectivity index (χ0) is 13.8. The topological polar surface area (TPSA) is 86.0 Å². The van der Waals surface area contributed by atoms with E-state index in [0.29, 0.717) is 30.6 Å². The van der Waals surface area contributed by atoms with Crippen LogP contribution in [-0.4, -0.2) is 45.9 Å². The van der Waals surface area contributed by atoms with Crippen molar-refractivity contribution >= 4 is 0 Å². The summed E-state index contributed by atoms with van der Waals surface area (Å²) in [6, 6.07) is 0.227. The molecule has 1 saturated heterocycles. The molecule has 0 saturated carbocycles. The number of rotatable bonds is 5. The third kappa shape index (κ3) is 2.68. The Morgan fingerprint density at radius 1 is 1.35 bits per heavy atom. The van der Waals surface area contributed by atoms with Crippen LogP contribution in [0.3, 0.4) is 0 Å². The summed E-state index contributed by atoms with van der Waals surface area (Å²) in [4.78, 5) is 12.6. The number of hydrogen-bond acceptors (Lipinski definition) is 7. The molecule has 2 aromatic rings. The monoisotopic (exact) mass is 275 g/mol. The molecule has 1 N–H and O–H groups in total. The van der Waals surface area contributed by atoms with Crippen LogP contribution >= 0.6 is 0 Å². The summed E-state index contributed by atoms with van der Waals surface area (Å²) in [7, 11) is 0. The summed E-state index contributed by atoms with van der Waals surface area (Å²) in [6.45, 7) is 4.36. The minimum atomic E-state index is 0.0967. The maximum atomic E-state index is 5.52. The van der Waals surface area contributed by atoms with E-state index in [2.05, 4.69) is 32.3 Å². The van der Waals surface area contributed by atoms with Crippen molar-refractivity contribution in [1.29, 1.82) is 0 Å². The highest BCUT2D eigenvalue weighted by Crippen LogP contribution is 2.26. The van der Waals surface area contributed by atoms with E-state index in [1.807, 2.05) is 0 Å². The summed E-state index contributed by atoms with van der Waals surface area (Å²) in [6.07, 6.45) is 5.92. The van der Waals surface area contributed by atoms with Crippen LogP contribution in [0.2, 0.25) is 0 Å². The third-order valence-electron chi connectivity index (χ3n) is 3.29. The summed E-state index contributed by atoms with van der Waals surface area (Å²) in [5, 5.41) is 7.42. The van der Waals surface area contributed by atoms with Crippen LogP contribution < -0.4 is 5.32 Å². The lowest BCUT2D eigenvalue weighted by molar-refractivity contribution is 0.184. The Labute approximate surface area is 116 Å². The first kappa shape index (κ1) is 13.1. The zero-order valence-electron chi connectivity index (χ0n) is 11.3. The van der Waals surface area contributed by atoms with Crippen LogP contribution in [-0.2, 0) is 4.74 Å². The summed E-state index contributed by atoms with van der Waals surface area (Å²) in [5.74, 6) is 1.16. The molecule has 2 unspecified atom stereocenters. The standard InChI is InChI=1S/C13H17N5O2/c1-2-3-15-11-8-19-7-9(11)13-17-12(18-20-13)10-6-14-4-5-16-10/h4-6,9,11,15H,2-3,7-8H2,1H3. The second-order valence-electron chi connectivity index (χ2n) is 4.75. The highest BCUT2D eigenvalue weighted by atomic mass is 16.5. The zero-order valence-corrected chi connectivity index (χ0v) is 11.3. The molecule has 7 heteroatoms. The first-order valence-electron chi connectivity index (χ1n) is 6.79. The van der Waals surface area contributed by atoms with Crippen molar-refractivity contribution in [1.82, 2.24) is 25.4 Å². The summed E-state index contributed by atoms with van der Waals surface area (Å²) in [5.41, 5.74) is 0.611. The second kappa shape index (κ2) is 6.06. The molecular weight excluding hydrogens is 258 g/mol. The van der Waals surface area contributed by atoms with Crippen molar-refractivity contribution in [2.75, 3.05) is 19.8 Å². The number of ether oxygens (including phenoxy) is 1. The Morgan fingerprint density at radius 3 is 3.10 bits per heavy atom. The van der Waals surface area contributed by atoms with Crippen molar-refractivity contribution in [3.8, 4) is 11.5 Å². The minimum Gasteiger partial charge on any atom is -0.379 e. The van der Waals surface area contributed by atoms with Gasteiger partial charge < -0.3 is 14.6 Å². The molecule has 3 rings (SSSR count). The van der Waals surface area contributed by atoms with Crippen LogP contribution in [0.25, 0.3) is 11.5 Å². The summed E-state index contributed by atoms with van der Waals surface area (Å²) >= 11 is 0. The Balaban J connectivity index is 1.76. The Bertz CT molecular complexity index is 545. The molecule has 0 bridgehead atoms. The molecule has 0 spiro atoms. The molecule has 20 heavy (non-hydrogen) atoms. The maximum Gasteiger partial charge on any atom is 0.234 e. The van der Waals surface area contributed by atoms with Crippen LogP contribution in [0.15, 0.2) is 23.1 Å². The molecule has 1 aliphatic rings. The van der Waals surface area contributed by atoms with E-state index in [1.165, 1.54) is 0 Å². The lowest BCUT2D eigenvalue weighted by Crippen LogP contribution is -2.34. The van der Waals surface area contributed by atoms with E-state index in [1.54, 1.807) is 18.6 Å². The number of aromatic nitrogens is 4. The molecule has 3 heterocycles. The van der Waals surface area contributed by atoms with Crippen LogP contribution in [0.4, 0.5) is 0 Å². The van der Waals surface area contributed by atoms with E-state index >= 15 is 0 Å². The molecule has 0 amide bonds.